The van der Waals surface area contributed by atoms with Gasteiger partial charge in [0.1, 0.15) is 15.8 Å². The van der Waals surface area contributed by atoms with E-state index >= 15 is 0 Å². The maximum Gasteiger partial charge on any atom is 0.287 e. The van der Waals surface area contributed by atoms with Gasteiger partial charge < -0.3 is 9.73 Å². The molecule has 0 spiro atoms. The molecule has 2 aromatic rings. The molecule has 0 unspecified atom stereocenters. The molecule has 0 aromatic carbocycles. The van der Waals surface area contributed by atoms with Gasteiger partial charge in [-0.3, -0.25) is 9.69 Å². The van der Waals surface area contributed by atoms with Gasteiger partial charge >= 0.3 is 0 Å². The van der Waals surface area contributed by atoms with E-state index in [0.717, 1.165) is 35.4 Å². The Morgan fingerprint density at radius 2 is 2.18 bits per heavy atom. The van der Waals surface area contributed by atoms with Crippen molar-refractivity contribution in [2.45, 2.75) is 32.7 Å². The van der Waals surface area contributed by atoms with E-state index in [1.807, 2.05) is 13.0 Å². The number of nitrogens with one attached hydrogen (secondary N) is 1. The Morgan fingerprint density at radius 3 is 2.91 bits per heavy atom. The summed E-state index contributed by atoms with van der Waals surface area (Å²) in [6, 6.07) is 3.64. The molecule has 0 saturated carbocycles. The third kappa shape index (κ3) is 3.92. The van der Waals surface area contributed by atoms with E-state index in [0.29, 0.717) is 18.7 Å². The lowest BCUT2D eigenvalue weighted by Gasteiger charge is -2.11. The van der Waals surface area contributed by atoms with Crippen molar-refractivity contribution < 1.29 is 9.21 Å². The number of furan rings is 1. The van der Waals surface area contributed by atoms with E-state index in [-0.39, 0.29) is 5.91 Å². The molecule has 0 atom stereocenters. The molecule has 22 heavy (non-hydrogen) atoms. The van der Waals surface area contributed by atoms with Gasteiger partial charge in [0.25, 0.3) is 5.91 Å². The summed E-state index contributed by atoms with van der Waals surface area (Å²) < 4.78 is 5.64. The van der Waals surface area contributed by atoms with Gasteiger partial charge in [0, 0.05) is 13.0 Å². The van der Waals surface area contributed by atoms with Crippen molar-refractivity contribution >= 4 is 17.2 Å². The highest BCUT2D eigenvalue weighted by Crippen LogP contribution is 2.15. The highest BCUT2D eigenvalue weighted by Gasteiger charge is 2.16. The molecule has 1 N–H and O–H groups in total. The number of likely N-dealkylation sites (tertiary alicyclic amines) is 1. The maximum absolute atomic E-state index is 12.0. The summed E-state index contributed by atoms with van der Waals surface area (Å²) in [4.78, 5) is 14.4. The molecular weight excluding hydrogens is 300 g/mol. The molecule has 1 fully saturated rings. The lowest BCUT2D eigenvalue weighted by atomic mass is 10.3. The van der Waals surface area contributed by atoms with E-state index in [2.05, 4.69) is 20.4 Å². The van der Waals surface area contributed by atoms with Crippen LogP contribution in [0.1, 0.15) is 39.2 Å². The molecule has 2 aromatic heterocycles. The van der Waals surface area contributed by atoms with Gasteiger partial charge in [0.05, 0.1) is 6.54 Å². The van der Waals surface area contributed by atoms with Crippen LogP contribution in [0.3, 0.4) is 0 Å². The van der Waals surface area contributed by atoms with Crippen LogP contribution in [0.25, 0.3) is 0 Å². The second-order valence-corrected chi connectivity index (χ2v) is 6.74. The maximum atomic E-state index is 12.0. The van der Waals surface area contributed by atoms with Crippen LogP contribution >= 0.6 is 11.3 Å². The first-order chi connectivity index (χ1) is 10.7. The van der Waals surface area contributed by atoms with Crippen molar-refractivity contribution in [2.24, 2.45) is 0 Å². The number of aromatic nitrogens is 2. The van der Waals surface area contributed by atoms with Gasteiger partial charge in [-0.15, -0.1) is 21.5 Å². The minimum atomic E-state index is -0.172. The van der Waals surface area contributed by atoms with Gasteiger partial charge in [-0.2, -0.15) is 0 Å². The number of aryl methyl sites for hydroxylation is 1. The Hall–Kier alpha value is -1.73. The number of hydrogen-bond donors (Lipinski definition) is 1. The van der Waals surface area contributed by atoms with Crippen molar-refractivity contribution in [3.8, 4) is 0 Å². The van der Waals surface area contributed by atoms with Crippen LogP contribution in [-0.4, -0.2) is 40.6 Å². The summed E-state index contributed by atoms with van der Waals surface area (Å²) in [6.07, 6.45) is 3.19. The number of carbonyl (C=O) groups is 1. The topological polar surface area (TPSA) is 71.3 Å². The van der Waals surface area contributed by atoms with Crippen LogP contribution in [0, 0.1) is 6.92 Å². The highest BCUT2D eigenvalue weighted by molar-refractivity contribution is 7.11. The standard InChI is InChI=1S/C15H20N4O2S/c1-11-17-18-14(22-11)6-7-16-15(20)13-5-4-12(21-13)10-19-8-2-3-9-19/h4-5H,2-3,6-10H2,1H3,(H,16,20). The summed E-state index contributed by atoms with van der Waals surface area (Å²) in [5.41, 5.74) is 0. The Bertz CT molecular complexity index is 631. The lowest BCUT2D eigenvalue weighted by molar-refractivity contribution is 0.0923. The molecule has 0 bridgehead atoms. The molecule has 0 aliphatic carbocycles. The van der Waals surface area contributed by atoms with Crippen molar-refractivity contribution in [1.29, 1.82) is 0 Å². The zero-order valence-electron chi connectivity index (χ0n) is 12.7. The average molecular weight is 320 g/mol. The fourth-order valence-corrected chi connectivity index (χ4v) is 3.26. The molecule has 1 amide bonds. The predicted octanol–water partition coefficient (Wildman–Crippen LogP) is 2.01. The largest absolute Gasteiger partial charge is 0.455 e. The molecule has 6 nitrogen and oxygen atoms in total. The number of hydrogen-bond acceptors (Lipinski definition) is 6. The fourth-order valence-electron chi connectivity index (χ4n) is 2.55. The molecule has 1 aliphatic rings. The summed E-state index contributed by atoms with van der Waals surface area (Å²) in [5, 5.41) is 12.7. The number of carbonyl (C=O) groups excluding carboxylic acids is 1. The van der Waals surface area contributed by atoms with Crippen LogP contribution < -0.4 is 5.32 Å². The predicted molar refractivity (Wildman–Crippen MR) is 83.9 cm³/mol. The van der Waals surface area contributed by atoms with Crippen LogP contribution in [0.15, 0.2) is 16.5 Å². The smallest absolute Gasteiger partial charge is 0.287 e. The van der Waals surface area contributed by atoms with E-state index in [9.17, 15) is 4.79 Å². The van der Waals surface area contributed by atoms with E-state index in [1.54, 1.807) is 17.4 Å². The normalized spacial score (nSPS) is 15.3. The molecule has 7 heteroatoms. The molecule has 3 heterocycles. The third-order valence-electron chi connectivity index (χ3n) is 3.66. The second-order valence-electron chi connectivity index (χ2n) is 5.47. The minimum absolute atomic E-state index is 0.172. The first kappa shape index (κ1) is 15.2. The van der Waals surface area contributed by atoms with Crippen LogP contribution in [0.5, 0.6) is 0 Å². The van der Waals surface area contributed by atoms with Gasteiger partial charge in [0.15, 0.2) is 5.76 Å². The van der Waals surface area contributed by atoms with E-state index in [4.69, 9.17) is 4.42 Å². The molecule has 0 radical (unpaired) electrons. The fraction of sp³-hybridized carbons (Fsp3) is 0.533. The SMILES string of the molecule is Cc1nnc(CCNC(=O)c2ccc(CN3CCCC3)o2)s1. The summed E-state index contributed by atoms with van der Waals surface area (Å²) in [6.45, 7) is 5.48. The number of amides is 1. The first-order valence-corrected chi connectivity index (χ1v) is 8.40. The summed E-state index contributed by atoms with van der Waals surface area (Å²) in [7, 11) is 0. The second kappa shape index (κ2) is 7.02. The van der Waals surface area contributed by atoms with Gasteiger partial charge in [-0.05, 0) is 45.0 Å². The lowest BCUT2D eigenvalue weighted by Crippen LogP contribution is -2.25. The van der Waals surface area contributed by atoms with Gasteiger partial charge in [-0.25, -0.2) is 0 Å². The molecule has 3 rings (SSSR count). The highest BCUT2D eigenvalue weighted by atomic mass is 32.1. The quantitative estimate of drug-likeness (QED) is 0.881. The van der Waals surface area contributed by atoms with Crippen LogP contribution in [-0.2, 0) is 13.0 Å². The van der Waals surface area contributed by atoms with E-state index < -0.39 is 0 Å². The molecule has 1 saturated heterocycles. The van der Waals surface area contributed by atoms with Crippen LogP contribution in [0.2, 0.25) is 0 Å². The Balaban J connectivity index is 1.46. The van der Waals surface area contributed by atoms with Crippen molar-refractivity contribution in [2.75, 3.05) is 19.6 Å². The zero-order valence-corrected chi connectivity index (χ0v) is 13.5. The number of nitrogens with zero attached hydrogens (tertiary/aromatic N) is 3. The first-order valence-electron chi connectivity index (χ1n) is 7.59. The average Bonchev–Trinajstić information content (AvgIpc) is 3.22. The van der Waals surface area contributed by atoms with Gasteiger partial charge in [-0.1, -0.05) is 0 Å². The Morgan fingerprint density at radius 1 is 1.36 bits per heavy atom. The minimum Gasteiger partial charge on any atom is -0.455 e. The van der Waals surface area contributed by atoms with Gasteiger partial charge in [0.2, 0.25) is 0 Å². The van der Waals surface area contributed by atoms with Crippen molar-refractivity contribution in [3.05, 3.63) is 33.7 Å². The Labute approximate surface area is 133 Å². The summed E-state index contributed by atoms with van der Waals surface area (Å²) in [5.74, 6) is 1.06. The summed E-state index contributed by atoms with van der Waals surface area (Å²) >= 11 is 1.55. The monoisotopic (exact) mass is 320 g/mol. The van der Waals surface area contributed by atoms with Crippen molar-refractivity contribution in [1.82, 2.24) is 20.4 Å². The van der Waals surface area contributed by atoms with E-state index in [1.165, 1.54) is 12.8 Å². The molecule has 118 valence electrons. The molecule has 1 aliphatic heterocycles. The molecular formula is C15H20N4O2S. The Kier molecular flexibility index (Phi) is 4.84. The third-order valence-corrected chi connectivity index (χ3v) is 4.55. The number of rotatable bonds is 6. The van der Waals surface area contributed by atoms with Crippen molar-refractivity contribution in [3.63, 3.8) is 0 Å². The zero-order chi connectivity index (χ0) is 15.4. The van der Waals surface area contributed by atoms with Crippen LogP contribution in [0.4, 0.5) is 0 Å².